The van der Waals surface area contributed by atoms with E-state index in [1.807, 2.05) is 0 Å². The number of piperazine rings is 1. The number of likely N-dealkylation sites (N-methyl/N-ethyl adjacent to an activating group) is 1. The Labute approximate surface area is 130 Å². The maximum absolute atomic E-state index is 3.54. The van der Waals surface area contributed by atoms with E-state index in [1.54, 1.807) is 0 Å². The summed E-state index contributed by atoms with van der Waals surface area (Å²) < 4.78 is 0. The minimum Gasteiger partial charge on any atom is -0.369 e. The van der Waals surface area contributed by atoms with Gasteiger partial charge in [0.1, 0.15) is 0 Å². The van der Waals surface area contributed by atoms with Gasteiger partial charge in [-0.3, -0.25) is 4.90 Å². The first kappa shape index (κ1) is 16.3. The van der Waals surface area contributed by atoms with E-state index in [0.29, 0.717) is 6.04 Å². The molecular formula is C18H31N3. The third-order valence-electron chi connectivity index (χ3n) is 4.30. The Morgan fingerprint density at radius 3 is 2.33 bits per heavy atom. The Morgan fingerprint density at radius 1 is 1.14 bits per heavy atom. The zero-order valence-corrected chi connectivity index (χ0v) is 14.3. The molecule has 1 aromatic rings. The van der Waals surface area contributed by atoms with Gasteiger partial charge in [0.15, 0.2) is 0 Å². The standard InChI is InChI=1S/C18H31N3/c1-6-20-11-12-21(14-15(20)2)17-9-7-16(8-10-17)13-19-18(3,4)5/h7-10,15,19H,6,11-14H2,1-5H3. The van der Waals surface area contributed by atoms with Crippen molar-refractivity contribution < 1.29 is 0 Å². The Morgan fingerprint density at radius 2 is 1.81 bits per heavy atom. The van der Waals surface area contributed by atoms with Crippen LogP contribution in [0.1, 0.15) is 40.2 Å². The lowest BCUT2D eigenvalue weighted by Crippen LogP contribution is -2.51. The molecule has 1 aliphatic heterocycles. The summed E-state index contributed by atoms with van der Waals surface area (Å²) in [4.78, 5) is 5.07. The summed E-state index contributed by atoms with van der Waals surface area (Å²) in [5, 5.41) is 3.54. The van der Waals surface area contributed by atoms with Crippen molar-refractivity contribution in [3.8, 4) is 0 Å². The molecule has 0 spiro atoms. The summed E-state index contributed by atoms with van der Waals surface area (Å²) in [5.41, 5.74) is 2.89. The molecule has 1 N–H and O–H groups in total. The fourth-order valence-electron chi connectivity index (χ4n) is 2.89. The Balaban J connectivity index is 1.93. The highest BCUT2D eigenvalue weighted by Gasteiger charge is 2.22. The number of nitrogens with one attached hydrogen (secondary N) is 1. The van der Waals surface area contributed by atoms with Crippen molar-refractivity contribution in [3.05, 3.63) is 29.8 Å². The van der Waals surface area contributed by atoms with Gasteiger partial charge in [0.25, 0.3) is 0 Å². The number of anilines is 1. The molecule has 1 fully saturated rings. The summed E-state index contributed by atoms with van der Waals surface area (Å²) in [6, 6.07) is 9.70. The first-order chi connectivity index (χ1) is 9.89. The molecule has 0 aromatic heterocycles. The van der Waals surface area contributed by atoms with Gasteiger partial charge in [-0.25, -0.2) is 0 Å². The van der Waals surface area contributed by atoms with Gasteiger partial charge in [-0.15, -0.1) is 0 Å². The molecule has 21 heavy (non-hydrogen) atoms. The minimum atomic E-state index is 0.171. The predicted octanol–water partition coefficient (Wildman–Crippen LogP) is 3.11. The summed E-state index contributed by atoms with van der Waals surface area (Å²) in [5.74, 6) is 0. The normalized spacial score (nSPS) is 20.8. The van der Waals surface area contributed by atoms with Crippen LogP contribution in [0.4, 0.5) is 5.69 Å². The second-order valence-electron chi connectivity index (χ2n) is 7.19. The van der Waals surface area contributed by atoms with E-state index in [4.69, 9.17) is 0 Å². The van der Waals surface area contributed by atoms with E-state index in [2.05, 4.69) is 74.0 Å². The van der Waals surface area contributed by atoms with Crippen molar-refractivity contribution in [3.63, 3.8) is 0 Å². The van der Waals surface area contributed by atoms with Crippen LogP contribution in [0.2, 0.25) is 0 Å². The molecule has 1 unspecified atom stereocenters. The van der Waals surface area contributed by atoms with Crippen LogP contribution in [0.15, 0.2) is 24.3 Å². The third kappa shape index (κ3) is 4.72. The van der Waals surface area contributed by atoms with E-state index in [9.17, 15) is 0 Å². The second-order valence-corrected chi connectivity index (χ2v) is 7.19. The second kappa shape index (κ2) is 6.80. The molecule has 1 heterocycles. The van der Waals surface area contributed by atoms with Crippen molar-refractivity contribution in [1.29, 1.82) is 0 Å². The van der Waals surface area contributed by atoms with Gasteiger partial charge in [0.2, 0.25) is 0 Å². The summed E-state index contributed by atoms with van der Waals surface area (Å²) in [6.45, 7) is 16.7. The van der Waals surface area contributed by atoms with Gasteiger partial charge in [0, 0.05) is 43.4 Å². The van der Waals surface area contributed by atoms with Crippen LogP contribution in [0, 0.1) is 0 Å². The summed E-state index contributed by atoms with van der Waals surface area (Å²) in [7, 11) is 0. The smallest absolute Gasteiger partial charge is 0.0367 e. The van der Waals surface area contributed by atoms with Crippen LogP contribution in [0.3, 0.4) is 0 Å². The number of nitrogens with zero attached hydrogens (tertiary/aromatic N) is 2. The fraction of sp³-hybridized carbons (Fsp3) is 0.667. The molecule has 1 saturated heterocycles. The Kier molecular flexibility index (Phi) is 5.28. The van der Waals surface area contributed by atoms with Crippen LogP contribution in [-0.4, -0.2) is 42.7 Å². The maximum Gasteiger partial charge on any atom is 0.0367 e. The van der Waals surface area contributed by atoms with Crippen LogP contribution < -0.4 is 10.2 Å². The van der Waals surface area contributed by atoms with Gasteiger partial charge >= 0.3 is 0 Å². The zero-order valence-electron chi connectivity index (χ0n) is 14.3. The van der Waals surface area contributed by atoms with E-state index < -0.39 is 0 Å². The molecule has 1 aliphatic rings. The molecule has 3 nitrogen and oxygen atoms in total. The molecule has 0 aliphatic carbocycles. The van der Waals surface area contributed by atoms with E-state index in [1.165, 1.54) is 17.8 Å². The van der Waals surface area contributed by atoms with Gasteiger partial charge in [-0.2, -0.15) is 0 Å². The molecular weight excluding hydrogens is 258 g/mol. The highest BCUT2D eigenvalue weighted by atomic mass is 15.3. The first-order valence-electron chi connectivity index (χ1n) is 8.22. The zero-order chi connectivity index (χ0) is 15.5. The predicted molar refractivity (Wildman–Crippen MR) is 92.0 cm³/mol. The number of hydrogen-bond acceptors (Lipinski definition) is 3. The number of hydrogen-bond donors (Lipinski definition) is 1. The van der Waals surface area contributed by atoms with Gasteiger partial charge in [-0.1, -0.05) is 19.1 Å². The molecule has 1 aromatic carbocycles. The SMILES string of the molecule is CCN1CCN(c2ccc(CNC(C)(C)C)cc2)CC1C. The largest absolute Gasteiger partial charge is 0.369 e. The number of rotatable bonds is 4. The van der Waals surface area contributed by atoms with Crippen LogP contribution in [-0.2, 0) is 6.54 Å². The van der Waals surface area contributed by atoms with E-state index in [0.717, 1.165) is 26.2 Å². The van der Waals surface area contributed by atoms with Crippen LogP contribution >= 0.6 is 0 Å². The Hall–Kier alpha value is -1.06. The maximum atomic E-state index is 3.54. The summed E-state index contributed by atoms with van der Waals surface area (Å²) in [6.07, 6.45) is 0. The molecule has 0 bridgehead atoms. The third-order valence-corrected chi connectivity index (χ3v) is 4.30. The van der Waals surface area contributed by atoms with Gasteiger partial charge < -0.3 is 10.2 Å². The molecule has 118 valence electrons. The Bertz CT molecular complexity index is 433. The topological polar surface area (TPSA) is 18.5 Å². The molecule has 0 saturated carbocycles. The molecule has 1 atom stereocenters. The van der Waals surface area contributed by atoms with Crippen molar-refractivity contribution in [1.82, 2.24) is 10.2 Å². The molecule has 3 heteroatoms. The lowest BCUT2D eigenvalue weighted by Gasteiger charge is -2.40. The van der Waals surface area contributed by atoms with Crippen molar-refractivity contribution >= 4 is 5.69 Å². The average molecular weight is 289 g/mol. The minimum absolute atomic E-state index is 0.171. The van der Waals surface area contributed by atoms with Crippen LogP contribution in [0.5, 0.6) is 0 Å². The molecule has 0 amide bonds. The monoisotopic (exact) mass is 289 g/mol. The van der Waals surface area contributed by atoms with E-state index >= 15 is 0 Å². The molecule has 2 rings (SSSR count). The van der Waals surface area contributed by atoms with E-state index in [-0.39, 0.29) is 5.54 Å². The fourth-order valence-corrected chi connectivity index (χ4v) is 2.89. The molecule has 0 radical (unpaired) electrons. The lowest BCUT2D eigenvalue weighted by molar-refractivity contribution is 0.199. The first-order valence-corrected chi connectivity index (χ1v) is 8.22. The van der Waals surface area contributed by atoms with Crippen molar-refractivity contribution in [2.45, 2.75) is 52.7 Å². The van der Waals surface area contributed by atoms with Crippen molar-refractivity contribution in [2.75, 3.05) is 31.1 Å². The van der Waals surface area contributed by atoms with Gasteiger partial charge in [0.05, 0.1) is 0 Å². The van der Waals surface area contributed by atoms with Crippen molar-refractivity contribution in [2.24, 2.45) is 0 Å². The van der Waals surface area contributed by atoms with Crippen LogP contribution in [0.25, 0.3) is 0 Å². The summed E-state index contributed by atoms with van der Waals surface area (Å²) >= 11 is 0. The quantitative estimate of drug-likeness (QED) is 0.919. The lowest BCUT2D eigenvalue weighted by atomic mass is 10.1. The van der Waals surface area contributed by atoms with Gasteiger partial charge in [-0.05, 0) is 51.9 Å². The highest BCUT2D eigenvalue weighted by Crippen LogP contribution is 2.20. The average Bonchev–Trinajstić information content (AvgIpc) is 2.45. The highest BCUT2D eigenvalue weighted by molar-refractivity contribution is 5.48. The number of benzene rings is 1.